The van der Waals surface area contributed by atoms with E-state index in [0.29, 0.717) is 6.54 Å². The number of nitrogens with two attached hydrogens (primary N) is 1. The maximum atomic E-state index is 6.05. The predicted octanol–water partition coefficient (Wildman–Crippen LogP) is 3.01. The Hall–Kier alpha value is -1.20. The molecule has 0 radical (unpaired) electrons. The molecule has 3 N–H and O–H groups in total. The van der Waals surface area contributed by atoms with Crippen LogP contribution in [-0.2, 0) is 0 Å². The third kappa shape index (κ3) is 2.44. The highest BCUT2D eigenvalue weighted by molar-refractivity contribution is 7.16. The highest BCUT2D eigenvalue weighted by Crippen LogP contribution is 2.35. The lowest BCUT2D eigenvalue weighted by molar-refractivity contribution is 0.271. The Balaban J connectivity index is 1.88. The van der Waals surface area contributed by atoms with Crippen molar-refractivity contribution in [2.24, 2.45) is 11.7 Å². The molecule has 0 amide bonds. The average Bonchev–Trinajstić information content (AvgIpc) is 2.91. The van der Waals surface area contributed by atoms with E-state index < -0.39 is 0 Å². The molecule has 5 heteroatoms. The molecule has 4 nitrogen and oxygen atoms in total. The summed E-state index contributed by atoms with van der Waals surface area (Å²) >= 11 is 1.65. The minimum Gasteiger partial charge on any atom is -0.363 e. The number of fused-ring (bicyclic) bond motifs is 1. The summed E-state index contributed by atoms with van der Waals surface area (Å²) in [7, 11) is 0. The molecule has 19 heavy (non-hydrogen) atoms. The summed E-state index contributed by atoms with van der Waals surface area (Å²) in [5.74, 6) is 1.75. The van der Waals surface area contributed by atoms with E-state index in [4.69, 9.17) is 5.73 Å². The van der Waals surface area contributed by atoms with Gasteiger partial charge in [-0.3, -0.25) is 0 Å². The molecule has 1 aliphatic rings. The topological polar surface area (TPSA) is 63.8 Å². The molecule has 0 atom stereocenters. The summed E-state index contributed by atoms with van der Waals surface area (Å²) in [5, 5.41) is 6.79. The molecule has 0 aliphatic heterocycles. The number of nitrogens with one attached hydrogen (secondary N) is 1. The van der Waals surface area contributed by atoms with Crippen molar-refractivity contribution in [2.75, 3.05) is 11.9 Å². The molecule has 1 saturated carbocycles. The summed E-state index contributed by atoms with van der Waals surface area (Å²) < 4.78 is 0. The second-order valence-electron chi connectivity index (χ2n) is 5.65. The normalized spacial score (nSPS) is 27.6. The zero-order valence-electron chi connectivity index (χ0n) is 11.2. The number of aromatic nitrogens is 2. The van der Waals surface area contributed by atoms with Crippen LogP contribution in [0.3, 0.4) is 0 Å². The fourth-order valence-corrected chi connectivity index (χ4v) is 3.57. The summed E-state index contributed by atoms with van der Waals surface area (Å²) in [6.45, 7) is 2.98. The van der Waals surface area contributed by atoms with E-state index in [0.717, 1.165) is 34.8 Å². The summed E-state index contributed by atoms with van der Waals surface area (Å²) in [4.78, 5) is 9.74. The van der Waals surface area contributed by atoms with Crippen LogP contribution in [0.15, 0.2) is 17.8 Å². The molecule has 2 heterocycles. The smallest absolute Gasteiger partial charge is 0.138 e. The number of rotatable bonds is 3. The molecular formula is C14H20N4S. The van der Waals surface area contributed by atoms with E-state index in [-0.39, 0.29) is 5.54 Å². The lowest BCUT2D eigenvalue weighted by Crippen LogP contribution is -2.48. The van der Waals surface area contributed by atoms with E-state index in [1.807, 2.05) is 0 Å². The van der Waals surface area contributed by atoms with E-state index in [2.05, 4.69) is 33.7 Å². The lowest BCUT2D eigenvalue weighted by atomic mass is 9.77. The Bertz CT molecular complexity index is 557. The van der Waals surface area contributed by atoms with E-state index in [9.17, 15) is 0 Å². The second kappa shape index (κ2) is 5.06. The second-order valence-corrected chi connectivity index (χ2v) is 6.55. The highest BCUT2D eigenvalue weighted by atomic mass is 32.1. The zero-order valence-corrected chi connectivity index (χ0v) is 12.0. The maximum absolute atomic E-state index is 6.05. The van der Waals surface area contributed by atoms with Crippen molar-refractivity contribution in [3.8, 4) is 0 Å². The van der Waals surface area contributed by atoms with E-state index in [1.165, 1.54) is 12.8 Å². The van der Waals surface area contributed by atoms with Crippen molar-refractivity contribution in [2.45, 2.75) is 38.1 Å². The molecule has 2 aromatic rings. The molecule has 3 rings (SSSR count). The summed E-state index contributed by atoms with van der Waals surface area (Å²) in [6, 6.07) is 2.08. The number of anilines is 1. The van der Waals surface area contributed by atoms with Crippen LogP contribution >= 0.6 is 11.3 Å². The van der Waals surface area contributed by atoms with Gasteiger partial charge in [-0.25, -0.2) is 9.97 Å². The Morgan fingerprint density at radius 2 is 2.21 bits per heavy atom. The number of hydrogen-bond donors (Lipinski definition) is 2. The molecule has 0 bridgehead atoms. The quantitative estimate of drug-likeness (QED) is 0.904. The summed E-state index contributed by atoms with van der Waals surface area (Å²) in [6.07, 6.45) is 6.36. The first-order valence-corrected chi connectivity index (χ1v) is 7.77. The van der Waals surface area contributed by atoms with Gasteiger partial charge in [-0.15, -0.1) is 11.3 Å². The molecule has 1 aliphatic carbocycles. The van der Waals surface area contributed by atoms with Gasteiger partial charge in [0.05, 0.1) is 10.9 Å². The third-order valence-electron chi connectivity index (χ3n) is 4.27. The molecule has 1 fully saturated rings. The minimum atomic E-state index is 0.00965. The standard InChI is InChI=1S/C14H20N4S/c1-10-2-5-14(8-15,6-3-10)18-12-11-4-7-19-13(11)17-9-16-12/h4,7,9-10H,2-3,5-6,8,15H2,1H3,(H,16,17,18). The Morgan fingerprint density at radius 1 is 1.42 bits per heavy atom. The highest BCUT2D eigenvalue weighted by Gasteiger charge is 2.33. The van der Waals surface area contributed by atoms with E-state index >= 15 is 0 Å². The van der Waals surface area contributed by atoms with Crippen molar-refractivity contribution in [3.63, 3.8) is 0 Å². The zero-order chi connectivity index (χ0) is 13.3. The largest absolute Gasteiger partial charge is 0.363 e. The summed E-state index contributed by atoms with van der Waals surface area (Å²) in [5.41, 5.74) is 6.06. The fourth-order valence-electron chi connectivity index (χ4n) is 2.84. The van der Waals surface area contributed by atoms with Crippen molar-refractivity contribution in [1.29, 1.82) is 0 Å². The Labute approximate surface area is 117 Å². The Kier molecular flexibility index (Phi) is 3.41. The maximum Gasteiger partial charge on any atom is 0.138 e. The van der Waals surface area contributed by atoms with Crippen molar-refractivity contribution in [1.82, 2.24) is 9.97 Å². The van der Waals surface area contributed by atoms with Crippen LogP contribution in [0.4, 0.5) is 5.82 Å². The SMILES string of the molecule is CC1CCC(CN)(Nc2ncnc3sccc23)CC1. The Morgan fingerprint density at radius 3 is 2.95 bits per heavy atom. The predicted molar refractivity (Wildman–Crippen MR) is 80.5 cm³/mol. The molecule has 2 aromatic heterocycles. The van der Waals surface area contributed by atoms with Crippen molar-refractivity contribution >= 4 is 27.4 Å². The van der Waals surface area contributed by atoms with Crippen LogP contribution in [0, 0.1) is 5.92 Å². The molecule has 0 unspecified atom stereocenters. The van der Waals surface area contributed by atoms with Crippen molar-refractivity contribution in [3.05, 3.63) is 17.8 Å². The van der Waals surface area contributed by atoms with Gasteiger partial charge in [-0.05, 0) is 43.0 Å². The molecular weight excluding hydrogens is 256 g/mol. The molecule has 0 spiro atoms. The van der Waals surface area contributed by atoms with Crippen LogP contribution < -0.4 is 11.1 Å². The molecule has 0 saturated heterocycles. The van der Waals surface area contributed by atoms with Crippen LogP contribution in [0.5, 0.6) is 0 Å². The van der Waals surface area contributed by atoms with Crippen LogP contribution in [0.2, 0.25) is 0 Å². The number of hydrogen-bond acceptors (Lipinski definition) is 5. The number of nitrogens with zero attached hydrogens (tertiary/aromatic N) is 2. The first kappa shape index (κ1) is 12.8. The van der Waals surface area contributed by atoms with Crippen LogP contribution in [0.1, 0.15) is 32.6 Å². The first-order chi connectivity index (χ1) is 9.22. The molecule has 0 aromatic carbocycles. The fraction of sp³-hybridized carbons (Fsp3) is 0.571. The van der Waals surface area contributed by atoms with Gasteiger partial charge in [0.1, 0.15) is 17.0 Å². The van der Waals surface area contributed by atoms with E-state index in [1.54, 1.807) is 17.7 Å². The average molecular weight is 276 g/mol. The third-order valence-corrected chi connectivity index (χ3v) is 5.09. The first-order valence-electron chi connectivity index (χ1n) is 6.89. The van der Waals surface area contributed by atoms with Gasteiger partial charge in [0.15, 0.2) is 0 Å². The number of thiophene rings is 1. The van der Waals surface area contributed by atoms with Gasteiger partial charge >= 0.3 is 0 Å². The van der Waals surface area contributed by atoms with Gasteiger partial charge in [0.25, 0.3) is 0 Å². The van der Waals surface area contributed by atoms with Gasteiger partial charge in [0, 0.05) is 6.54 Å². The van der Waals surface area contributed by atoms with Gasteiger partial charge in [-0.2, -0.15) is 0 Å². The van der Waals surface area contributed by atoms with Crippen LogP contribution in [-0.4, -0.2) is 22.1 Å². The lowest BCUT2D eigenvalue weighted by Gasteiger charge is -2.39. The van der Waals surface area contributed by atoms with Gasteiger partial charge < -0.3 is 11.1 Å². The van der Waals surface area contributed by atoms with Gasteiger partial charge in [-0.1, -0.05) is 6.92 Å². The van der Waals surface area contributed by atoms with Gasteiger partial charge in [0.2, 0.25) is 0 Å². The van der Waals surface area contributed by atoms with Crippen molar-refractivity contribution < 1.29 is 0 Å². The monoisotopic (exact) mass is 276 g/mol. The van der Waals surface area contributed by atoms with Crippen LogP contribution in [0.25, 0.3) is 10.2 Å². The molecule has 102 valence electrons. The minimum absolute atomic E-state index is 0.00965.